The number of ether oxygens (including phenoxy) is 1. The molecule has 0 aliphatic heterocycles. The zero-order valence-electron chi connectivity index (χ0n) is 9.20. The van der Waals surface area contributed by atoms with Crippen molar-refractivity contribution >= 4 is 15.9 Å². The SMILES string of the molecule is COc1ccc(-c2ccc(Br)cn2)cc1C. The molecule has 2 aromatic rings. The number of nitrogens with zero attached hydrogens (tertiary/aromatic N) is 1. The lowest BCUT2D eigenvalue weighted by Crippen LogP contribution is -1.89. The van der Waals surface area contributed by atoms with Crippen molar-refractivity contribution < 1.29 is 4.74 Å². The highest BCUT2D eigenvalue weighted by molar-refractivity contribution is 9.10. The van der Waals surface area contributed by atoms with Crippen LogP contribution in [0.5, 0.6) is 5.75 Å². The van der Waals surface area contributed by atoms with E-state index in [4.69, 9.17) is 4.74 Å². The van der Waals surface area contributed by atoms with Crippen molar-refractivity contribution in [3.8, 4) is 17.0 Å². The number of hydrogen-bond acceptors (Lipinski definition) is 2. The molecule has 2 nitrogen and oxygen atoms in total. The van der Waals surface area contributed by atoms with Crippen LogP contribution in [0.1, 0.15) is 5.56 Å². The average molecular weight is 278 g/mol. The van der Waals surface area contributed by atoms with Crippen molar-refractivity contribution in [3.05, 3.63) is 46.6 Å². The number of aromatic nitrogens is 1. The molecule has 3 heteroatoms. The third kappa shape index (κ3) is 2.25. The monoisotopic (exact) mass is 277 g/mol. The summed E-state index contributed by atoms with van der Waals surface area (Å²) in [4.78, 5) is 4.36. The van der Waals surface area contributed by atoms with E-state index in [1.54, 1.807) is 13.3 Å². The Morgan fingerprint density at radius 3 is 2.56 bits per heavy atom. The van der Waals surface area contributed by atoms with Crippen LogP contribution in [-0.2, 0) is 0 Å². The Kier molecular flexibility index (Phi) is 3.25. The van der Waals surface area contributed by atoms with Gasteiger partial charge in [-0.3, -0.25) is 4.98 Å². The first kappa shape index (κ1) is 11.1. The first-order valence-corrected chi connectivity index (χ1v) is 5.76. The number of aryl methyl sites for hydroxylation is 1. The van der Waals surface area contributed by atoms with Crippen LogP contribution in [0.3, 0.4) is 0 Å². The highest BCUT2D eigenvalue weighted by atomic mass is 79.9. The predicted octanol–water partition coefficient (Wildman–Crippen LogP) is 3.83. The number of hydrogen-bond donors (Lipinski definition) is 0. The van der Waals surface area contributed by atoms with Gasteiger partial charge >= 0.3 is 0 Å². The van der Waals surface area contributed by atoms with Crippen molar-refractivity contribution in [2.75, 3.05) is 7.11 Å². The van der Waals surface area contributed by atoms with E-state index in [-0.39, 0.29) is 0 Å². The second-order valence-electron chi connectivity index (χ2n) is 3.55. The maximum absolute atomic E-state index is 5.23. The van der Waals surface area contributed by atoms with Gasteiger partial charge in [0.05, 0.1) is 12.8 Å². The summed E-state index contributed by atoms with van der Waals surface area (Å²) in [5, 5.41) is 0. The van der Waals surface area contributed by atoms with E-state index in [0.717, 1.165) is 27.0 Å². The van der Waals surface area contributed by atoms with Crippen molar-refractivity contribution in [2.24, 2.45) is 0 Å². The second kappa shape index (κ2) is 4.66. The topological polar surface area (TPSA) is 22.1 Å². The molecular formula is C13H12BrNO. The van der Waals surface area contributed by atoms with Gasteiger partial charge < -0.3 is 4.74 Å². The highest BCUT2D eigenvalue weighted by Crippen LogP contribution is 2.25. The number of halogens is 1. The quantitative estimate of drug-likeness (QED) is 0.833. The molecule has 1 aromatic heterocycles. The molecule has 0 N–H and O–H groups in total. The normalized spacial score (nSPS) is 10.2. The lowest BCUT2D eigenvalue weighted by molar-refractivity contribution is 0.412. The fourth-order valence-corrected chi connectivity index (χ4v) is 1.82. The van der Waals surface area contributed by atoms with E-state index in [0.29, 0.717) is 0 Å². The Hall–Kier alpha value is -1.35. The van der Waals surface area contributed by atoms with Gasteiger partial charge in [-0.25, -0.2) is 0 Å². The van der Waals surface area contributed by atoms with E-state index >= 15 is 0 Å². The molecule has 1 heterocycles. The van der Waals surface area contributed by atoms with Gasteiger partial charge in [-0.2, -0.15) is 0 Å². The molecule has 0 saturated carbocycles. The Bertz CT molecular complexity index is 494. The van der Waals surface area contributed by atoms with E-state index in [2.05, 4.69) is 27.0 Å². The van der Waals surface area contributed by atoms with Crippen LogP contribution in [0.2, 0.25) is 0 Å². The van der Waals surface area contributed by atoms with Crippen LogP contribution < -0.4 is 4.74 Å². The first-order chi connectivity index (χ1) is 7.70. The molecule has 0 atom stereocenters. The van der Waals surface area contributed by atoms with Gasteiger partial charge in [0.1, 0.15) is 5.75 Å². The van der Waals surface area contributed by atoms with Gasteiger partial charge in [0.2, 0.25) is 0 Å². The smallest absolute Gasteiger partial charge is 0.121 e. The minimum Gasteiger partial charge on any atom is -0.496 e. The number of methoxy groups -OCH3 is 1. The minimum atomic E-state index is 0.904. The molecular weight excluding hydrogens is 266 g/mol. The zero-order chi connectivity index (χ0) is 11.5. The molecule has 0 amide bonds. The molecule has 0 spiro atoms. The van der Waals surface area contributed by atoms with Gasteiger partial charge in [0.15, 0.2) is 0 Å². The van der Waals surface area contributed by atoms with E-state index in [1.165, 1.54) is 0 Å². The van der Waals surface area contributed by atoms with E-state index in [9.17, 15) is 0 Å². The van der Waals surface area contributed by atoms with Crippen molar-refractivity contribution in [1.29, 1.82) is 0 Å². The summed E-state index contributed by atoms with van der Waals surface area (Å²) in [7, 11) is 1.68. The summed E-state index contributed by atoms with van der Waals surface area (Å²) in [5.74, 6) is 0.904. The highest BCUT2D eigenvalue weighted by Gasteiger charge is 2.03. The first-order valence-electron chi connectivity index (χ1n) is 4.97. The van der Waals surface area contributed by atoms with E-state index < -0.39 is 0 Å². The Labute approximate surface area is 103 Å². The fraction of sp³-hybridized carbons (Fsp3) is 0.154. The molecule has 1 aromatic carbocycles. The molecule has 0 aliphatic rings. The zero-order valence-corrected chi connectivity index (χ0v) is 10.8. The third-order valence-corrected chi connectivity index (χ3v) is 2.89. The maximum atomic E-state index is 5.23. The summed E-state index contributed by atoms with van der Waals surface area (Å²) >= 11 is 3.37. The van der Waals surface area contributed by atoms with Crippen molar-refractivity contribution in [3.63, 3.8) is 0 Å². The number of pyridine rings is 1. The van der Waals surface area contributed by atoms with Gasteiger partial charge in [-0.05, 0) is 58.7 Å². The van der Waals surface area contributed by atoms with Crippen LogP contribution in [0.4, 0.5) is 0 Å². The number of benzene rings is 1. The minimum absolute atomic E-state index is 0.904. The molecule has 0 aliphatic carbocycles. The summed E-state index contributed by atoms with van der Waals surface area (Å²) in [5.41, 5.74) is 3.18. The van der Waals surface area contributed by atoms with Gasteiger partial charge in [-0.1, -0.05) is 0 Å². The average Bonchev–Trinajstić information content (AvgIpc) is 2.30. The third-order valence-electron chi connectivity index (χ3n) is 2.42. The summed E-state index contributed by atoms with van der Waals surface area (Å²) in [6.07, 6.45) is 1.80. The Balaban J connectivity index is 2.41. The molecule has 82 valence electrons. The van der Waals surface area contributed by atoms with E-state index in [1.807, 2.05) is 31.2 Å². The molecule has 0 radical (unpaired) electrons. The molecule has 0 bridgehead atoms. The Morgan fingerprint density at radius 2 is 2.00 bits per heavy atom. The molecule has 0 fully saturated rings. The van der Waals surface area contributed by atoms with Crippen LogP contribution in [0.15, 0.2) is 41.0 Å². The molecule has 0 unspecified atom stereocenters. The molecule has 16 heavy (non-hydrogen) atoms. The van der Waals surface area contributed by atoms with Crippen LogP contribution >= 0.6 is 15.9 Å². The van der Waals surface area contributed by atoms with Gasteiger partial charge in [-0.15, -0.1) is 0 Å². The predicted molar refractivity (Wildman–Crippen MR) is 68.7 cm³/mol. The maximum Gasteiger partial charge on any atom is 0.121 e. The summed E-state index contributed by atoms with van der Waals surface area (Å²) in [6, 6.07) is 10.0. The van der Waals surface area contributed by atoms with Crippen LogP contribution in [-0.4, -0.2) is 12.1 Å². The standard InChI is InChI=1S/C13H12BrNO/c1-9-7-10(3-6-13(9)16-2)12-5-4-11(14)8-15-12/h3-8H,1-2H3. The van der Waals surface area contributed by atoms with Crippen LogP contribution in [0.25, 0.3) is 11.3 Å². The summed E-state index contributed by atoms with van der Waals surface area (Å²) < 4.78 is 6.21. The lowest BCUT2D eigenvalue weighted by atomic mass is 10.1. The largest absolute Gasteiger partial charge is 0.496 e. The molecule has 2 rings (SSSR count). The second-order valence-corrected chi connectivity index (χ2v) is 4.46. The van der Waals surface area contributed by atoms with Crippen LogP contribution in [0, 0.1) is 6.92 Å². The molecule has 0 saturated heterocycles. The fourth-order valence-electron chi connectivity index (χ4n) is 1.58. The number of rotatable bonds is 2. The summed E-state index contributed by atoms with van der Waals surface area (Å²) in [6.45, 7) is 2.03. The van der Waals surface area contributed by atoms with Gasteiger partial charge in [0.25, 0.3) is 0 Å². The van der Waals surface area contributed by atoms with Gasteiger partial charge in [0, 0.05) is 16.2 Å². The Morgan fingerprint density at radius 1 is 1.19 bits per heavy atom. The van der Waals surface area contributed by atoms with Crippen molar-refractivity contribution in [2.45, 2.75) is 6.92 Å². The lowest BCUT2D eigenvalue weighted by Gasteiger charge is -2.07. The van der Waals surface area contributed by atoms with Crippen molar-refractivity contribution in [1.82, 2.24) is 4.98 Å².